The van der Waals surface area contributed by atoms with Crippen LogP contribution >= 0.6 is 0 Å². The molecule has 1 fully saturated rings. The molecule has 1 saturated carbocycles. The number of benzene rings is 1. The summed E-state index contributed by atoms with van der Waals surface area (Å²) in [5, 5.41) is 5.66. The molecule has 0 bridgehead atoms. The number of carbonyl (C=O) groups is 1. The lowest BCUT2D eigenvalue weighted by Crippen LogP contribution is -2.30. The summed E-state index contributed by atoms with van der Waals surface area (Å²) in [6.45, 7) is 5.51. The second kappa shape index (κ2) is 5.06. The molecule has 1 aromatic carbocycles. The van der Waals surface area contributed by atoms with Gasteiger partial charge in [0.25, 0.3) is 0 Å². The highest BCUT2D eigenvalue weighted by Crippen LogP contribution is 2.50. The normalized spacial score (nSPS) is 20.5. The van der Waals surface area contributed by atoms with E-state index in [1.165, 1.54) is 12.5 Å². The van der Waals surface area contributed by atoms with Crippen LogP contribution in [0.1, 0.15) is 20.3 Å². The van der Waals surface area contributed by atoms with E-state index >= 15 is 0 Å². The Morgan fingerprint density at radius 3 is 2.72 bits per heavy atom. The molecule has 0 radical (unpaired) electrons. The van der Waals surface area contributed by atoms with Gasteiger partial charge in [-0.3, -0.25) is 4.79 Å². The summed E-state index contributed by atoms with van der Waals surface area (Å²) in [7, 11) is 0. The molecule has 2 N–H and O–H groups in total. The maximum absolute atomic E-state index is 13.3. The van der Waals surface area contributed by atoms with Gasteiger partial charge in [-0.1, -0.05) is 26.0 Å². The van der Waals surface area contributed by atoms with Crippen molar-refractivity contribution in [2.45, 2.75) is 20.3 Å². The van der Waals surface area contributed by atoms with Crippen LogP contribution in [0.15, 0.2) is 24.3 Å². The van der Waals surface area contributed by atoms with Crippen LogP contribution in [0.5, 0.6) is 0 Å². The number of para-hydroxylation sites is 1. The van der Waals surface area contributed by atoms with E-state index in [4.69, 9.17) is 0 Å². The molecule has 0 heterocycles. The van der Waals surface area contributed by atoms with E-state index in [2.05, 4.69) is 24.5 Å². The molecule has 1 amide bonds. The average Bonchev–Trinajstić information content (AvgIpc) is 2.90. The molecule has 0 saturated heterocycles. The summed E-state index contributed by atoms with van der Waals surface area (Å²) in [4.78, 5) is 11.6. The van der Waals surface area contributed by atoms with Crippen molar-refractivity contribution >= 4 is 11.6 Å². The SMILES string of the molecule is CC1(C)CC1CNCC(=O)Nc1ccccc1F. The molecule has 1 aliphatic rings. The van der Waals surface area contributed by atoms with E-state index in [0.29, 0.717) is 11.3 Å². The van der Waals surface area contributed by atoms with Crippen molar-refractivity contribution in [3.05, 3.63) is 30.1 Å². The number of halogens is 1. The summed E-state index contributed by atoms with van der Waals surface area (Å²) < 4.78 is 13.3. The molecular weight excluding hydrogens is 231 g/mol. The van der Waals surface area contributed by atoms with Gasteiger partial charge in [0, 0.05) is 0 Å². The van der Waals surface area contributed by atoms with Crippen molar-refractivity contribution in [1.82, 2.24) is 5.32 Å². The Hall–Kier alpha value is -1.42. The zero-order valence-corrected chi connectivity index (χ0v) is 10.8. The lowest BCUT2D eigenvalue weighted by atomic mass is 10.1. The first kappa shape index (κ1) is 13.0. The van der Waals surface area contributed by atoms with Crippen LogP contribution in [0, 0.1) is 17.2 Å². The minimum atomic E-state index is -0.408. The topological polar surface area (TPSA) is 41.1 Å². The van der Waals surface area contributed by atoms with E-state index < -0.39 is 5.82 Å². The lowest BCUT2D eigenvalue weighted by molar-refractivity contribution is -0.115. The number of hydrogen-bond donors (Lipinski definition) is 2. The molecule has 18 heavy (non-hydrogen) atoms. The number of rotatable bonds is 5. The van der Waals surface area contributed by atoms with Crippen molar-refractivity contribution in [2.24, 2.45) is 11.3 Å². The lowest BCUT2D eigenvalue weighted by Gasteiger charge is -2.08. The van der Waals surface area contributed by atoms with Crippen LogP contribution in [0.4, 0.5) is 10.1 Å². The third-order valence-electron chi connectivity index (χ3n) is 3.54. The first-order valence-electron chi connectivity index (χ1n) is 6.24. The van der Waals surface area contributed by atoms with Crippen LogP contribution in [0.25, 0.3) is 0 Å². The van der Waals surface area contributed by atoms with E-state index in [9.17, 15) is 9.18 Å². The van der Waals surface area contributed by atoms with Gasteiger partial charge in [0.15, 0.2) is 0 Å². The predicted molar refractivity (Wildman–Crippen MR) is 69.8 cm³/mol. The van der Waals surface area contributed by atoms with E-state index in [1.54, 1.807) is 18.2 Å². The monoisotopic (exact) mass is 250 g/mol. The number of nitrogens with one attached hydrogen (secondary N) is 2. The second-order valence-electron chi connectivity index (χ2n) is 5.55. The Bertz CT molecular complexity index is 445. The average molecular weight is 250 g/mol. The first-order valence-corrected chi connectivity index (χ1v) is 6.24. The second-order valence-corrected chi connectivity index (χ2v) is 5.55. The molecule has 0 spiro atoms. The molecule has 3 nitrogen and oxygen atoms in total. The number of hydrogen-bond acceptors (Lipinski definition) is 2. The maximum Gasteiger partial charge on any atom is 0.238 e. The highest BCUT2D eigenvalue weighted by Gasteiger charge is 2.44. The number of carbonyl (C=O) groups excluding carboxylic acids is 1. The highest BCUT2D eigenvalue weighted by molar-refractivity contribution is 5.92. The van der Waals surface area contributed by atoms with Crippen molar-refractivity contribution in [3.8, 4) is 0 Å². The van der Waals surface area contributed by atoms with Crippen LogP contribution in [-0.2, 0) is 4.79 Å². The fourth-order valence-electron chi connectivity index (χ4n) is 2.04. The summed E-state index contributed by atoms with van der Waals surface area (Å²) in [5.74, 6) is 0.0338. The molecule has 1 atom stereocenters. The van der Waals surface area contributed by atoms with Gasteiger partial charge in [0.2, 0.25) is 5.91 Å². The van der Waals surface area contributed by atoms with Crippen molar-refractivity contribution < 1.29 is 9.18 Å². The van der Waals surface area contributed by atoms with Crippen LogP contribution in [-0.4, -0.2) is 19.0 Å². The van der Waals surface area contributed by atoms with Gasteiger partial charge >= 0.3 is 0 Å². The van der Waals surface area contributed by atoms with Gasteiger partial charge in [0.1, 0.15) is 5.82 Å². The largest absolute Gasteiger partial charge is 0.322 e. The Morgan fingerprint density at radius 2 is 2.11 bits per heavy atom. The Balaban J connectivity index is 1.71. The van der Waals surface area contributed by atoms with Crippen molar-refractivity contribution in [3.63, 3.8) is 0 Å². The third kappa shape index (κ3) is 3.29. The van der Waals surface area contributed by atoms with E-state index in [-0.39, 0.29) is 18.1 Å². The molecule has 0 aromatic heterocycles. The van der Waals surface area contributed by atoms with Crippen molar-refractivity contribution in [2.75, 3.05) is 18.4 Å². The van der Waals surface area contributed by atoms with Crippen molar-refractivity contribution in [1.29, 1.82) is 0 Å². The minimum Gasteiger partial charge on any atom is -0.322 e. The zero-order chi connectivity index (χ0) is 13.2. The molecule has 98 valence electrons. The van der Waals surface area contributed by atoms with E-state index in [1.807, 2.05) is 0 Å². The molecule has 0 aliphatic heterocycles. The quantitative estimate of drug-likeness (QED) is 0.842. The summed E-state index contributed by atoms with van der Waals surface area (Å²) in [6.07, 6.45) is 1.20. The van der Waals surface area contributed by atoms with Crippen LogP contribution < -0.4 is 10.6 Å². The first-order chi connectivity index (χ1) is 8.49. The molecular formula is C14H19FN2O. The smallest absolute Gasteiger partial charge is 0.238 e. The van der Waals surface area contributed by atoms with Gasteiger partial charge in [-0.25, -0.2) is 4.39 Å². The highest BCUT2D eigenvalue weighted by atomic mass is 19.1. The minimum absolute atomic E-state index is 0.210. The van der Waals surface area contributed by atoms with E-state index in [0.717, 1.165) is 6.54 Å². The molecule has 2 rings (SSSR count). The predicted octanol–water partition coefficient (Wildman–Crippen LogP) is 2.40. The third-order valence-corrected chi connectivity index (χ3v) is 3.54. The summed E-state index contributed by atoms with van der Waals surface area (Å²) in [5.41, 5.74) is 0.644. The zero-order valence-electron chi connectivity index (χ0n) is 10.8. The molecule has 4 heteroatoms. The fourth-order valence-corrected chi connectivity index (χ4v) is 2.04. The molecule has 1 unspecified atom stereocenters. The summed E-state index contributed by atoms with van der Waals surface area (Å²) in [6, 6.07) is 6.17. The molecule has 1 aliphatic carbocycles. The van der Waals surface area contributed by atoms with Gasteiger partial charge < -0.3 is 10.6 Å². The Kier molecular flexibility index (Phi) is 3.66. The van der Waals surface area contributed by atoms with Gasteiger partial charge in [-0.05, 0) is 36.4 Å². The fraction of sp³-hybridized carbons (Fsp3) is 0.500. The van der Waals surface area contributed by atoms with Gasteiger partial charge in [-0.15, -0.1) is 0 Å². The Labute approximate surface area is 107 Å². The Morgan fingerprint density at radius 1 is 1.44 bits per heavy atom. The summed E-state index contributed by atoms with van der Waals surface area (Å²) >= 11 is 0. The maximum atomic E-state index is 13.3. The van der Waals surface area contributed by atoms with Crippen LogP contribution in [0.3, 0.4) is 0 Å². The molecule has 1 aromatic rings. The van der Waals surface area contributed by atoms with Crippen LogP contribution in [0.2, 0.25) is 0 Å². The standard InChI is InChI=1S/C14H19FN2O/c1-14(2)7-10(14)8-16-9-13(18)17-12-6-4-3-5-11(12)15/h3-6,10,16H,7-9H2,1-2H3,(H,17,18). The number of amides is 1. The van der Waals surface area contributed by atoms with Gasteiger partial charge in [-0.2, -0.15) is 0 Å². The number of anilines is 1. The van der Waals surface area contributed by atoms with Gasteiger partial charge in [0.05, 0.1) is 12.2 Å².